The van der Waals surface area contributed by atoms with Crippen molar-refractivity contribution in [2.24, 2.45) is 0 Å². The zero-order valence-electron chi connectivity index (χ0n) is 18.3. The monoisotopic (exact) mass is 469 g/mol. The van der Waals surface area contributed by atoms with Crippen molar-refractivity contribution in [2.45, 2.75) is 13.5 Å². The van der Waals surface area contributed by atoms with Gasteiger partial charge in [-0.15, -0.1) is 0 Å². The van der Waals surface area contributed by atoms with Crippen LogP contribution in [0.2, 0.25) is 5.02 Å². The lowest BCUT2D eigenvalue weighted by molar-refractivity contribution is 0.102. The maximum atomic E-state index is 12.4. The summed E-state index contributed by atoms with van der Waals surface area (Å²) in [6.45, 7) is 2.62. The Morgan fingerprint density at radius 1 is 1.06 bits per heavy atom. The van der Waals surface area contributed by atoms with Crippen LogP contribution >= 0.6 is 11.6 Å². The second-order valence-electron chi connectivity index (χ2n) is 7.85. The largest absolute Gasteiger partial charge is 0.332 e. The number of anilines is 1. The fourth-order valence-electron chi connectivity index (χ4n) is 3.53. The van der Waals surface area contributed by atoms with Crippen LogP contribution in [0.4, 0.5) is 5.69 Å². The van der Waals surface area contributed by atoms with Crippen molar-refractivity contribution in [1.82, 2.24) is 19.7 Å². The third-order valence-electron chi connectivity index (χ3n) is 5.25. The van der Waals surface area contributed by atoms with Gasteiger partial charge in [0.05, 0.1) is 16.9 Å². The summed E-state index contributed by atoms with van der Waals surface area (Å²) in [5.41, 5.74) is 4.81. The lowest BCUT2D eigenvalue weighted by Crippen LogP contribution is -2.12. The normalized spacial score (nSPS) is 10.9. The van der Waals surface area contributed by atoms with Crippen molar-refractivity contribution in [3.63, 3.8) is 0 Å². The summed E-state index contributed by atoms with van der Waals surface area (Å²) >= 11 is 6.10. The fraction of sp³-hybridized carbons (Fsp3) is 0.0769. The molecule has 0 unspecified atom stereocenters. The Morgan fingerprint density at radius 3 is 2.68 bits per heavy atom. The third kappa shape index (κ3) is 4.74. The standard InChI is InChI=1S/C26H20ClN5O2/c1-17-5-4-6-19(13-17)24-30-26(34-31-24)23-15-32(16-28-23)14-18-9-11-20(12-10-18)29-25(33)21-7-2-3-8-22(21)27/h2-13,15-16H,14H2,1H3,(H,29,33). The molecule has 0 atom stereocenters. The Balaban J connectivity index is 1.24. The summed E-state index contributed by atoms with van der Waals surface area (Å²) in [5, 5.41) is 7.36. The highest BCUT2D eigenvalue weighted by molar-refractivity contribution is 6.34. The maximum Gasteiger partial charge on any atom is 0.278 e. The quantitative estimate of drug-likeness (QED) is 0.336. The Hall–Kier alpha value is -4.23. The Morgan fingerprint density at radius 2 is 1.88 bits per heavy atom. The Bertz CT molecular complexity index is 1460. The van der Waals surface area contributed by atoms with Gasteiger partial charge in [-0.2, -0.15) is 4.98 Å². The maximum absolute atomic E-state index is 12.4. The van der Waals surface area contributed by atoms with Crippen LogP contribution in [-0.2, 0) is 6.54 Å². The minimum atomic E-state index is -0.248. The summed E-state index contributed by atoms with van der Waals surface area (Å²) in [4.78, 5) is 21.3. The number of nitrogens with zero attached hydrogens (tertiary/aromatic N) is 4. The first-order valence-electron chi connectivity index (χ1n) is 10.6. The molecule has 2 aromatic heterocycles. The highest BCUT2D eigenvalue weighted by Crippen LogP contribution is 2.22. The fourth-order valence-corrected chi connectivity index (χ4v) is 3.76. The van der Waals surface area contributed by atoms with Crippen molar-refractivity contribution in [3.8, 4) is 23.0 Å². The van der Waals surface area contributed by atoms with Gasteiger partial charge in [-0.25, -0.2) is 4.98 Å². The van der Waals surface area contributed by atoms with Crippen LogP contribution in [-0.4, -0.2) is 25.6 Å². The third-order valence-corrected chi connectivity index (χ3v) is 5.58. The number of hydrogen-bond acceptors (Lipinski definition) is 5. The van der Waals surface area contributed by atoms with Crippen LogP contribution < -0.4 is 5.32 Å². The van der Waals surface area contributed by atoms with E-state index in [0.29, 0.717) is 40.2 Å². The van der Waals surface area contributed by atoms with E-state index in [1.165, 1.54) is 0 Å². The molecule has 168 valence electrons. The van der Waals surface area contributed by atoms with Gasteiger partial charge in [-0.05, 0) is 42.8 Å². The van der Waals surface area contributed by atoms with Crippen molar-refractivity contribution < 1.29 is 9.32 Å². The number of aromatic nitrogens is 4. The first-order chi connectivity index (χ1) is 16.5. The van der Waals surface area contributed by atoms with Gasteiger partial charge in [0.25, 0.3) is 11.8 Å². The van der Waals surface area contributed by atoms with E-state index in [9.17, 15) is 4.79 Å². The summed E-state index contributed by atoms with van der Waals surface area (Å²) in [6.07, 6.45) is 3.58. The van der Waals surface area contributed by atoms with Gasteiger partial charge in [-0.3, -0.25) is 4.79 Å². The van der Waals surface area contributed by atoms with E-state index in [1.807, 2.05) is 66.2 Å². The molecule has 0 bridgehead atoms. The lowest BCUT2D eigenvalue weighted by Gasteiger charge is -2.08. The van der Waals surface area contributed by atoms with Crippen LogP contribution in [0.15, 0.2) is 89.8 Å². The first kappa shape index (κ1) is 21.6. The van der Waals surface area contributed by atoms with Crippen molar-refractivity contribution in [1.29, 1.82) is 0 Å². The molecular weight excluding hydrogens is 450 g/mol. The molecule has 1 N–H and O–H groups in total. The van der Waals surface area contributed by atoms with Gasteiger partial charge in [0.2, 0.25) is 5.82 Å². The molecule has 0 aliphatic rings. The van der Waals surface area contributed by atoms with Crippen LogP contribution in [0.1, 0.15) is 21.5 Å². The SMILES string of the molecule is Cc1cccc(-c2noc(-c3cn(Cc4ccc(NC(=O)c5ccccc5Cl)cc4)cn3)n2)c1. The van der Waals surface area contributed by atoms with Crippen molar-refractivity contribution in [2.75, 3.05) is 5.32 Å². The minimum Gasteiger partial charge on any atom is -0.332 e. The highest BCUT2D eigenvalue weighted by atomic mass is 35.5. The predicted molar refractivity (Wildman–Crippen MR) is 131 cm³/mol. The Labute approximate surface area is 201 Å². The van der Waals surface area contributed by atoms with Crippen molar-refractivity contribution >= 4 is 23.2 Å². The summed E-state index contributed by atoms with van der Waals surface area (Å²) in [6, 6.07) is 22.5. The molecule has 0 spiro atoms. The van der Waals surface area contributed by atoms with E-state index in [4.69, 9.17) is 16.1 Å². The second kappa shape index (κ2) is 9.33. The van der Waals surface area contributed by atoms with Crippen LogP contribution in [0, 0.1) is 6.92 Å². The zero-order chi connectivity index (χ0) is 23.5. The number of imidazole rings is 1. The summed E-state index contributed by atoms with van der Waals surface area (Å²) in [5.74, 6) is 0.651. The molecule has 1 amide bonds. The molecule has 0 aliphatic carbocycles. The van der Waals surface area contributed by atoms with E-state index in [2.05, 4.69) is 20.4 Å². The number of hydrogen-bond donors (Lipinski definition) is 1. The number of amides is 1. The molecule has 0 saturated carbocycles. The van der Waals surface area contributed by atoms with E-state index in [1.54, 1.807) is 30.6 Å². The number of aryl methyl sites for hydroxylation is 1. The van der Waals surface area contributed by atoms with E-state index in [0.717, 1.165) is 16.7 Å². The number of halogens is 1. The summed E-state index contributed by atoms with van der Waals surface area (Å²) < 4.78 is 7.35. The molecule has 0 aliphatic heterocycles. The van der Waals surface area contributed by atoms with Gasteiger partial charge in [0.1, 0.15) is 5.69 Å². The molecule has 34 heavy (non-hydrogen) atoms. The smallest absolute Gasteiger partial charge is 0.278 e. The lowest BCUT2D eigenvalue weighted by atomic mass is 10.1. The van der Waals surface area contributed by atoms with Gasteiger partial charge in [0, 0.05) is 24.0 Å². The second-order valence-corrected chi connectivity index (χ2v) is 8.26. The molecule has 0 saturated heterocycles. The number of carbonyl (C=O) groups excluding carboxylic acids is 1. The average Bonchev–Trinajstić information content (AvgIpc) is 3.50. The molecule has 3 aromatic carbocycles. The number of carbonyl (C=O) groups is 1. The van der Waals surface area contributed by atoms with Crippen LogP contribution in [0.25, 0.3) is 23.0 Å². The average molecular weight is 470 g/mol. The van der Waals surface area contributed by atoms with E-state index in [-0.39, 0.29) is 5.91 Å². The Kier molecular flexibility index (Phi) is 5.93. The molecule has 8 heteroatoms. The summed E-state index contributed by atoms with van der Waals surface area (Å²) in [7, 11) is 0. The van der Waals surface area contributed by atoms with Gasteiger partial charge >= 0.3 is 0 Å². The van der Waals surface area contributed by atoms with Gasteiger partial charge in [-0.1, -0.05) is 64.8 Å². The topological polar surface area (TPSA) is 85.8 Å². The molecule has 5 aromatic rings. The number of benzene rings is 3. The highest BCUT2D eigenvalue weighted by Gasteiger charge is 2.14. The van der Waals surface area contributed by atoms with Crippen LogP contribution in [0.5, 0.6) is 0 Å². The molecular formula is C26H20ClN5O2. The number of rotatable bonds is 6. The molecule has 0 fully saturated rings. The van der Waals surface area contributed by atoms with E-state index < -0.39 is 0 Å². The molecule has 7 nitrogen and oxygen atoms in total. The van der Waals surface area contributed by atoms with E-state index >= 15 is 0 Å². The molecule has 0 radical (unpaired) electrons. The first-order valence-corrected chi connectivity index (χ1v) is 11.0. The molecule has 2 heterocycles. The van der Waals surface area contributed by atoms with Crippen LogP contribution in [0.3, 0.4) is 0 Å². The molecule has 5 rings (SSSR count). The predicted octanol–water partition coefficient (Wildman–Crippen LogP) is 5.86. The minimum absolute atomic E-state index is 0.248. The van der Waals surface area contributed by atoms with Gasteiger partial charge in [0.15, 0.2) is 0 Å². The van der Waals surface area contributed by atoms with Gasteiger partial charge < -0.3 is 14.4 Å². The number of nitrogens with one attached hydrogen (secondary N) is 1. The zero-order valence-corrected chi connectivity index (χ0v) is 19.0. The van der Waals surface area contributed by atoms with Crippen molar-refractivity contribution in [3.05, 3.63) is 107 Å².